The highest BCUT2D eigenvalue weighted by Crippen LogP contribution is 2.27. The van der Waals surface area contributed by atoms with Gasteiger partial charge in [-0.15, -0.1) is 0 Å². The van der Waals surface area contributed by atoms with Crippen LogP contribution in [-0.4, -0.2) is 12.0 Å². The van der Waals surface area contributed by atoms with E-state index < -0.39 is 0 Å². The molecule has 0 aliphatic heterocycles. The van der Waals surface area contributed by atoms with Gasteiger partial charge >= 0.3 is 0 Å². The zero-order valence-corrected chi connectivity index (χ0v) is 11.7. The van der Waals surface area contributed by atoms with Crippen LogP contribution >= 0.6 is 0 Å². The maximum atomic E-state index is 4.22. The summed E-state index contributed by atoms with van der Waals surface area (Å²) in [6.07, 6.45) is 8.73. The predicted molar refractivity (Wildman–Crippen MR) is 74.1 cm³/mol. The lowest BCUT2D eigenvalue weighted by Gasteiger charge is -2.23. The lowest BCUT2D eigenvalue weighted by molar-refractivity contribution is 0.384. The number of pyridine rings is 1. The van der Waals surface area contributed by atoms with E-state index in [2.05, 4.69) is 44.2 Å². The van der Waals surface area contributed by atoms with Gasteiger partial charge in [0.25, 0.3) is 0 Å². The van der Waals surface area contributed by atoms with E-state index in [-0.39, 0.29) is 0 Å². The molecule has 1 atom stereocenters. The van der Waals surface area contributed by atoms with Crippen LogP contribution in [0.2, 0.25) is 0 Å². The molecule has 0 saturated heterocycles. The van der Waals surface area contributed by atoms with Crippen LogP contribution in [-0.2, 0) is 6.42 Å². The number of aryl methyl sites for hydroxylation is 1. The van der Waals surface area contributed by atoms with Crippen molar-refractivity contribution in [2.24, 2.45) is 5.92 Å². The van der Waals surface area contributed by atoms with Gasteiger partial charge in [0.15, 0.2) is 0 Å². The van der Waals surface area contributed by atoms with Crippen molar-refractivity contribution in [3.8, 4) is 0 Å². The molecule has 0 amide bonds. The molecule has 1 aromatic heterocycles. The predicted octanol–water partition coefficient (Wildman–Crippen LogP) is 3.73. The molecule has 0 saturated carbocycles. The van der Waals surface area contributed by atoms with Crippen molar-refractivity contribution in [2.45, 2.75) is 52.5 Å². The largest absolute Gasteiger partial charge is 0.313 e. The summed E-state index contributed by atoms with van der Waals surface area (Å²) in [5, 5.41) is 3.46. The molecule has 17 heavy (non-hydrogen) atoms. The third-order valence-electron chi connectivity index (χ3n) is 3.77. The molecule has 1 N–H and O–H groups in total. The fourth-order valence-electron chi connectivity index (χ4n) is 2.43. The van der Waals surface area contributed by atoms with Gasteiger partial charge in [0.1, 0.15) is 0 Å². The second-order valence-electron chi connectivity index (χ2n) is 4.69. The average molecular weight is 234 g/mol. The van der Waals surface area contributed by atoms with Gasteiger partial charge in [0.2, 0.25) is 0 Å². The normalized spacial score (nSPS) is 13.0. The SMILES string of the molecule is CCc1cnccc1C(CC(CC)CC)NC. The number of hydrogen-bond donors (Lipinski definition) is 1. The molecule has 0 aromatic carbocycles. The van der Waals surface area contributed by atoms with Crippen molar-refractivity contribution in [2.75, 3.05) is 7.05 Å². The molecule has 0 fully saturated rings. The van der Waals surface area contributed by atoms with Crippen LogP contribution in [0.15, 0.2) is 18.5 Å². The summed E-state index contributed by atoms with van der Waals surface area (Å²) >= 11 is 0. The van der Waals surface area contributed by atoms with Gasteiger partial charge in [-0.05, 0) is 43.0 Å². The molecule has 1 rings (SSSR count). The first-order valence-electron chi connectivity index (χ1n) is 6.86. The molecule has 0 radical (unpaired) electrons. The summed E-state index contributed by atoms with van der Waals surface area (Å²) in [7, 11) is 2.06. The van der Waals surface area contributed by atoms with E-state index in [9.17, 15) is 0 Å². The van der Waals surface area contributed by atoms with Gasteiger partial charge in [-0.1, -0.05) is 33.6 Å². The van der Waals surface area contributed by atoms with Crippen molar-refractivity contribution < 1.29 is 0 Å². The molecular formula is C15H26N2. The quantitative estimate of drug-likeness (QED) is 0.777. The Labute approximate surface area is 106 Å². The Hall–Kier alpha value is -0.890. The van der Waals surface area contributed by atoms with Gasteiger partial charge in [0, 0.05) is 18.4 Å². The van der Waals surface area contributed by atoms with E-state index in [0.717, 1.165) is 12.3 Å². The van der Waals surface area contributed by atoms with E-state index >= 15 is 0 Å². The summed E-state index contributed by atoms with van der Waals surface area (Å²) in [6.45, 7) is 6.77. The first-order chi connectivity index (χ1) is 8.26. The third kappa shape index (κ3) is 3.81. The first-order valence-corrected chi connectivity index (χ1v) is 6.86. The van der Waals surface area contributed by atoms with Crippen molar-refractivity contribution >= 4 is 0 Å². The second kappa shape index (κ2) is 7.44. The van der Waals surface area contributed by atoms with Crippen molar-refractivity contribution in [1.29, 1.82) is 0 Å². The van der Waals surface area contributed by atoms with Gasteiger partial charge in [-0.3, -0.25) is 4.98 Å². The molecule has 0 aliphatic carbocycles. The average Bonchev–Trinajstić information content (AvgIpc) is 2.40. The number of rotatable bonds is 7. The molecule has 0 spiro atoms. The molecule has 1 unspecified atom stereocenters. The topological polar surface area (TPSA) is 24.9 Å². The summed E-state index contributed by atoms with van der Waals surface area (Å²) in [6, 6.07) is 2.64. The van der Waals surface area contributed by atoms with E-state index in [1.54, 1.807) is 0 Å². The Morgan fingerprint density at radius 2 is 1.94 bits per heavy atom. The first kappa shape index (κ1) is 14.2. The van der Waals surface area contributed by atoms with E-state index in [4.69, 9.17) is 0 Å². The number of aromatic nitrogens is 1. The van der Waals surface area contributed by atoms with Gasteiger partial charge in [-0.25, -0.2) is 0 Å². The molecule has 1 aromatic rings. The van der Waals surface area contributed by atoms with Gasteiger partial charge in [-0.2, -0.15) is 0 Å². The maximum absolute atomic E-state index is 4.22. The Kier molecular flexibility index (Phi) is 6.20. The zero-order chi connectivity index (χ0) is 12.7. The van der Waals surface area contributed by atoms with Crippen LogP contribution in [0.4, 0.5) is 0 Å². The van der Waals surface area contributed by atoms with Crippen molar-refractivity contribution in [3.63, 3.8) is 0 Å². The molecular weight excluding hydrogens is 208 g/mol. The molecule has 0 aliphatic rings. The Balaban J connectivity index is 2.85. The van der Waals surface area contributed by atoms with Crippen LogP contribution < -0.4 is 5.32 Å². The van der Waals surface area contributed by atoms with Gasteiger partial charge < -0.3 is 5.32 Å². The molecule has 96 valence electrons. The molecule has 1 heterocycles. The summed E-state index contributed by atoms with van der Waals surface area (Å²) < 4.78 is 0. The van der Waals surface area contributed by atoms with Crippen LogP contribution in [0.1, 0.15) is 57.2 Å². The monoisotopic (exact) mass is 234 g/mol. The standard InChI is InChI=1S/C15H26N2/c1-5-12(6-2)10-15(16-4)14-8-9-17-11-13(14)7-3/h8-9,11-12,15-16H,5-7,10H2,1-4H3. The number of nitrogens with one attached hydrogen (secondary N) is 1. The molecule has 2 heteroatoms. The lowest BCUT2D eigenvalue weighted by Crippen LogP contribution is -2.21. The summed E-state index contributed by atoms with van der Waals surface area (Å²) in [5.41, 5.74) is 2.80. The minimum Gasteiger partial charge on any atom is -0.313 e. The highest BCUT2D eigenvalue weighted by molar-refractivity contribution is 5.26. The van der Waals surface area contributed by atoms with E-state index in [0.29, 0.717) is 6.04 Å². The molecule has 0 bridgehead atoms. The zero-order valence-electron chi connectivity index (χ0n) is 11.7. The van der Waals surface area contributed by atoms with Crippen LogP contribution in [0.5, 0.6) is 0 Å². The Morgan fingerprint density at radius 1 is 1.24 bits per heavy atom. The maximum Gasteiger partial charge on any atom is 0.0324 e. The third-order valence-corrected chi connectivity index (χ3v) is 3.77. The summed E-state index contributed by atoms with van der Waals surface area (Å²) in [4.78, 5) is 4.22. The Morgan fingerprint density at radius 3 is 2.47 bits per heavy atom. The van der Waals surface area contributed by atoms with Crippen molar-refractivity contribution in [1.82, 2.24) is 10.3 Å². The minimum absolute atomic E-state index is 0.470. The fourth-order valence-corrected chi connectivity index (χ4v) is 2.43. The minimum atomic E-state index is 0.470. The Bertz CT molecular complexity index is 318. The number of hydrogen-bond acceptors (Lipinski definition) is 2. The fraction of sp³-hybridized carbons (Fsp3) is 0.667. The smallest absolute Gasteiger partial charge is 0.0324 e. The van der Waals surface area contributed by atoms with Crippen LogP contribution in [0.3, 0.4) is 0 Å². The van der Waals surface area contributed by atoms with Gasteiger partial charge in [0.05, 0.1) is 0 Å². The second-order valence-corrected chi connectivity index (χ2v) is 4.69. The van der Waals surface area contributed by atoms with Crippen LogP contribution in [0, 0.1) is 5.92 Å². The summed E-state index contributed by atoms with van der Waals surface area (Å²) in [5.74, 6) is 0.810. The van der Waals surface area contributed by atoms with E-state index in [1.807, 2.05) is 12.4 Å². The molecule has 2 nitrogen and oxygen atoms in total. The highest BCUT2D eigenvalue weighted by Gasteiger charge is 2.16. The number of nitrogens with zero attached hydrogens (tertiary/aromatic N) is 1. The van der Waals surface area contributed by atoms with E-state index in [1.165, 1.54) is 30.4 Å². The highest BCUT2D eigenvalue weighted by atomic mass is 14.9. The van der Waals surface area contributed by atoms with Crippen LogP contribution in [0.25, 0.3) is 0 Å². The van der Waals surface area contributed by atoms with Crippen molar-refractivity contribution in [3.05, 3.63) is 29.6 Å². The lowest BCUT2D eigenvalue weighted by atomic mass is 9.89.